The zero-order valence-corrected chi connectivity index (χ0v) is 17.5. The number of carbonyl (C=O) groups excluding carboxylic acids is 1. The first kappa shape index (κ1) is 21.1. The van der Waals surface area contributed by atoms with Crippen molar-refractivity contribution in [3.63, 3.8) is 0 Å². The molecule has 1 atom stereocenters. The maximum absolute atomic E-state index is 13.0. The van der Waals surface area contributed by atoms with Gasteiger partial charge in [0, 0.05) is 0 Å². The van der Waals surface area contributed by atoms with E-state index in [1.54, 1.807) is 36.4 Å². The second kappa shape index (κ2) is 9.71. The summed E-state index contributed by atoms with van der Waals surface area (Å²) in [5, 5.41) is 9.74. The summed E-state index contributed by atoms with van der Waals surface area (Å²) in [6, 6.07) is 14.9. The first-order valence-electron chi connectivity index (χ1n) is 9.29. The number of thioether (sulfide) groups is 1. The monoisotopic (exact) mass is 427 g/mol. The number of aliphatic carboxylic acids is 1. The molecule has 150 valence electrons. The number of hydrogen-bond donors (Lipinski definition) is 1. The smallest absolute Gasteiger partial charge is 0.331 e. The van der Waals surface area contributed by atoms with E-state index >= 15 is 0 Å². The van der Waals surface area contributed by atoms with Gasteiger partial charge in [0.2, 0.25) is 0 Å². The van der Waals surface area contributed by atoms with Gasteiger partial charge < -0.3 is 9.84 Å². The van der Waals surface area contributed by atoms with E-state index in [4.69, 9.17) is 17.0 Å². The van der Waals surface area contributed by atoms with Gasteiger partial charge >= 0.3 is 5.97 Å². The molecule has 0 aliphatic carbocycles. The van der Waals surface area contributed by atoms with Gasteiger partial charge in [-0.3, -0.25) is 9.69 Å². The lowest BCUT2D eigenvalue weighted by Gasteiger charge is -2.23. The number of rotatable bonds is 8. The van der Waals surface area contributed by atoms with Gasteiger partial charge in [0.05, 0.1) is 11.5 Å². The lowest BCUT2D eigenvalue weighted by Crippen LogP contribution is -2.37. The van der Waals surface area contributed by atoms with Crippen LogP contribution in [0.15, 0.2) is 59.5 Å². The van der Waals surface area contributed by atoms with Crippen molar-refractivity contribution in [2.75, 3.05) is 6.61 Å². The van der Waals surface area contributed by atoms with Crippen LogP contribution in [0.3, 0.4) is 0 Å². The van der Waals surface area contributed by atoms with Crippen molar-refractivity contribution >= 4 is 46.3 Å². The van der Waals surface area contributed by atoms with Crippen LogP contribution in [-0.2, 0) is 9.59 Å². The van der Waals surface area contributed by atoms with E-state index in [-0.39, 0.29) is 4.32 Å². The number of thiocarbonyl (C=S) groups is 1. The summed E-state index contributed by atoms with van der Waals surface area (Å²) in [7, 11) is 0. The van der Waals surface area contributed by atoms with E-state index in [9.17, 15) is 14.7 Å². The second-order valence-corrected chi connectivity index (χ2v) is 8.15. The molecule has 0 aromatic heterocycles. The minimum atomic E-state index is -1.15. The molecular formula is C22H21NO4S2. The highest BCUT2D eigenvalue weighted by Crippen LogP contribution is 2.38. The molecule has 0 bridgehead atoms. The molecule has 2 aromatic rings. The number of ether oxygens (including phenoxy) is 1. The highest BCUT2D eigenvalue weighted by molar-refractivity contribution is 8.26. The van der Waals surface area contributed by atoms with Crippen LogP contribution in [0.5, 0.6) is 5.75 Å². The number of carbonyl (C=O) groups is 2. The molecule has 0 radical (unpaired) electrons. The van der Waals surface area contributed by atoms with Crippen LogP contribution in [0.4, 0.5) is 0 Å². The fourth-order valence-corrected chi connectivity index (χ4v) is 4.23. The molecular weight excluding hydrogens is 406 g/mol. The van der Waals surface area contributed by atoms with Gasteiger partial charge in [0.25, 0.3) is 5.91 Å². The van der Waals surface area contributed by atoms with Gasteiger partial charge in [-0.2, -0.15) is 0 Å². The molecule has 3 rings (SSSR count). The third-order valence-corrected chi connectivity index (χ3v) is 5.68. The summed E-state index contributed by atoms with van der Waals surface area (Å²) < 4.78 is 5.94. The number of amides is 1. The molecule has 1 unspecified atom stereocenters. The molecule has 1 fully saturated rings. The maximum Gasteiger partial charge on any atom is 0.331 e. The molecule has 1 N–H and O–H groups in total. The number of nitrogens with zero attached hydrogens (tertiary/aromatic N) is 1. The Hall–Kier alpha value is -2.64. The molecule has 0 saturated carbocycles. The Morgan fingerprint density at radius 3 is 2.69 bits per heavy atom. The standard InChI is InChI=1S/C22H21NO4S2/c1-2-3-12-27-17-11-7-8-15(13-17)14-18-20(24)23(22(28)29-18)19(21(25)26)16-9-5-4-6-10-16/h4-11,13-14,19H,2-3,12H2,1H3,(H,25,26)/b18-14+. The number of carboxylic acids is 1. The van der Waals surface area contributed by atoms with Crippen LogP contribution in [-0.4, -0.2) is 32.8 Å². The summed E-state index contributed by atoms with van der Waals surface area (Å²) in [4.78, 5) is 26.5. The van der Waals surface area contributed by atoms with Crippen LogP contribution in [0.1, 0.15) is 36.9 Å². The Kier molecular flexibility index (Phi) is 7.06. The largest absolute Gasteiger partial charge is 0.494 e. The van der Waals surface area contributed by atoms with E-state index in [2.05, 4.69) is 6.92 Å². The summed E-state index contributed by atoms with van der Waals surface area (Å²) in [5.74, 6) is -0.802. The van der Waals surface area contributed by atoms with E-state index in [0.29, 0.717) is 17.1 Å². The number of unbranched alkanes of at least 4 members (excludes halogenated alkanes) is 1. The minimum absolute atomic E-state index is 0.229. The molecule has 2 aromatic carbocycles. The average Bonchev–Trinajstić information content (AvgIpc) is 2.97. The molecule has 1 aliphatic heterocycles. The minimum Gasteiger partial charge on any atom is -0.494 e. The van der Waals surface area contributed by atoms with Crippen molar-refractivity contribution in [2.45, 2.75) is 25.8 Å². The lowest BCUT2D eigenvalue weighted by molar-refractivity contribution is -0.145. The van der Waals surface area contributed by atoms with Crippen molar-refractivity contribution in [1.29, 1.82) is 0 Å². The van der Waals surface area contributed by atoms with Gasteiger partial charge in [0.15, 0.2) is 6.04 Å². The van der Waals surface area contributed by atoms with Crippen LogP contribution in [0.25, 0.3) is 6.08 Å². The quantitative estimate of drug-likeness (QED) is 0.367. The summed E-state index contributed by atoms with van der Waals surface area (Å²) in [5.41, 5.74) is 1.30. The van der Waals surface area contributed by atoms with Crippen molar-refractivity contribution in [1.82, 2.24) is 4.90 Å². The molecule has 1 heterocycles. The van der Waals surface area contributed by atoms with Gasteiger partial charge in [-0.05, 0) is 35.8 Å². The summed E-state index contributed by atoms with van der Waals surface area (Å²) in [6.07, 6.45) is 3.74. The molecule has 7 heteroatoms. The molecule has 0 spiro atoms. The Morgan fingerprint density at radius 1 is 1.24 bits per heavy atom. The Bertz CT molecular complexity index is 943. The third kappa shape index (κ3) is 5.05. The summed E-state index contributed by atoms with van der Waals surface area (Å²) >= 11 is 6.45. The molecule has 29 heavy (non-hydrogen) atoms. The average molecular weight is 428 g/mol. The molecule has 1 aliphatic rings. The third-order valence-electron chi connectivity index (χ3n) is 4.35. The fraction of sp³-hybridized carbons (Fsp3) is 0.227. The van der Waals surface area contributed by atoms with E-state index in [0.717, 1.165) is 35.9 Å². The normalized spacial score (nSPS) is 16.3. The van der Waals surface area contributed by atoms with Crippen LogP contribution in [0.2, 0.25) is 0 Å². The molecule has 1 amide bonds. The van der Waals surface area contributed by atoms with Gasteiger partial charge in [-0.15, -0.1) is 0 Å². The van der Waals surface area contributed by atoms with E-state index < -0.39 is 17.9 Å². The van der Waals surface area contributed by atoms with Crippen molar-refractivity contribution in [3.8, 4) is 5.75 Å². The zero-order chi connectivity index (χ0) is 20.8. The lowest BCUT2D eigenvalue weighted by atomic mass is 10.1. The van der Waals surface area contributed by atoms with Crippen LogP contribution >= 0.6 is 24.0 Å². The molecule has 1 saturated heterocycles. The van der Waals surface area contributed by atoms with Crippen LogP contribution in [0, 0.1) is 0 Å². The van der Waals surface area contributed by atoms with E-state index in [1.807, 2.05) is 24.3 Å². The first-order chi connectivity index (χ1) is 14.0. The predicted octanol–water partition coefficient (Wildman–Crippen LogP) is 4.89. The highest BCUT2D eigenvalue weighted by Gasteiger charge is 2.41. The fourth-order valence-electron chi connectivity index (χ4n) is 2.92. The maximum atomic E-state index is 13.0. The SMILES string of the molecule is CCCCOc1cccc(/C=C2/SC(=S)N(C(C(=O)O)c3ccccc3)C2=O)c1. The Morgan fingerprint density at radius 2 is 2.00 bits per heavy atom. The van der Waals surface area contributed by atoms with Gasteiger partial charge in [0.1, 0.15) is 10.1 Å². The first-order valence-corrected chi connectivity index (χ1v) is 10.5. The topological polar surface area (TPSA) is 66.8 Å². The Labute approximate surface area is 179 Å². The zero-order valence-electron chi connectivity index (χ0n) is 15.9. The number of carboxylic acid groups (broad SMARTS) is 1. The Balaban J connectivity index is 1.85. The van der Waals surface area contributed by atoms with Crippen molar-refractivity contribution in [3.05, 3.63) is 70.6 Å². The second-order valence-electron chi connectivity index (χ2n) is 6.48. The van der Waals surface area contributed by atoms with Crippen molar-refractivity contribution < 1.29 is 19.4 Å². The number of hydrogen-bond acceptors (Lipinski definition) is 5. The summed E-state index contributed by atoms with van der Waals surface area (Å²) in [6.45, 7) is 2.74. The van der Waals surface area contributed by atoms with E-state index in [1.165, 1.54) is 4.90 Å². The number of benzene rings is 2. The van der Waals surface area contributed by atoms with Crippen molar-refractivity contribution in [2.24, 2.45) is 0 Å². The molecule has 5 nitrogen and oxygen atoms in total. The van der Waals surface area contributed by atoms with Gasteiger partial charge in [-0.1, -0.05) is 79.8 Å². The predicted molar refractivity (Wildman–Crippen MR) is 119 cm³/mol. The highest BCUT2D eigenvalue weighted by atomic mass is 32.2. The van der Waals surface area contributed by atoms with Gasteiger partial charge in [-0.25, -0.2) is 4.79 Å². The van der Waals surface area contributed by atoms with Crippen LogP contribution < -0.4 is 4.74 Å².